The second-order valence-electron chi connectivity index (χ2n) is 12.8. The molecule has 62 heavy (non-hydrogen) atoms. The van der Waals surface area contributed by atoms with E-state index >= 15 is 0 Å². The summed E-state index contributed by atoms with van der Waals surface area (Å²) in [4.78, 5) is 24.9. The van der Waals surface area contributed by atoms with Gasteiger partial charge in [0.2, 0.25) is 0 Å². The minimum Gasteiger partial charge on any atom is -0.871 e. The Hall–Kier alpha value is -4.80. The van der Waals surface area contributed by atoms with Gasteiger partial charge in [0.05, 0.1) is 22.7 Å². The summed E-state index contributed by atoms with van der Waals surface area (Å²) in [6.07, 6.45) is 0. The number of hydrogen-bond donors (Lipinski definition) is 4. The molecule has 16 nitrogen and oxygen atoms in total. The van der Waals surface area contributed by atoms with Crippen LogP contribution >= 0.6 is 23.2 Å². The van der Waals surface area contributed by atoms with E-state index in [-0.39, 0.29) is 115 Å². The summed E-state index contributed by atoms with van der Waals surface area (Å²) in [5.41, 5.74) is -0.267. The molecule has 0 bridgehead atoms. The van der Waals surface area contributed by atoms with E-state index in [4.69, 9.17) is 23.2 Å². The SMILES string of the molecule is O=C(Nc1ccc2cc(S(=O)(=O)O)c(N=Nc3ccc(Cl)cc3)c([O-])c2c1)c1ccc(C(=O)Nc2ccc3cc(S(=O)(=O)O)c(N=Nc4ccc(Cl)cc4)c([O-])c3c2)cc1.[Na+].[Na+]. The Morgan fingerprint density at radius 1 is 0.500 bits per heavy atom. The number of azo groups is 2. The summed E-state index contributed by atoms with van der Waals surface area (Å²) in [7, 11) is -9.80. The van der Waals surface area contributed by atoms with Crippen molar-refractivity contribution in [1.29, 1.82) is 0 Å². The summed E-state index contributed by atoms with van der Waals surface area (Å²) >= 11 is 11.8. The van der Waals surface area contributed by atoms with Crippen LogP contribution in [0.3, 0.4) is 0 Å². The quantitative estimate of drug-likeness (QED) is 0.0884. The zero-order chi connectivity index (χ0) is 42.9. The van der Waals surface area contributed by atoms with Gasteiger partial charge in [0.15, 0.2) is 0 Å². The number of carbonyl (C=O) groups excluding carboxylic acids is 2. The smallest absolute Gasteiger partial charge is 0.871 e. The first-order valence-corrected chi connectivity index (χ1v) is 20.7. The Kier molecular flexibility index (Phi) is 15.3. The number of rotatable bonds is 10. The van der Waals surface area contributed by atoms with Crippen LogP contribution < -0.4 is 80.0 Å². The Bertz CT molecular complexity index is 2970. The van der Waals surface area contributed by atoms with Gasteiger partial charge in [0.25, 0.3) is 32.1 Å². The first-order chi connectivity index (χ1) is 28.4. The van der Waals surface area contributed by atoms with Crippen molar-refractivity contribution in [2.45, 2.75) is 9.79 Å². The number of nitrogens with zero attached hydrogens (tertiary/aromatic N) is 4. The van der Waals surface area contributed by atoms with Crippen LogP contribution in [-0.2, 0) is 20.2 Å². The summed E-state index contributed by atoms with van der Waals surface area (Å²) in [6.45, 7) is 0. The first-order valence-electron chi connectivity index (χ1n) is 17.0. The van der Waals surface area contributed by atoms with E-state index in [9.17, 15) is 45.7 Å². The van der Waals surface area contributed by atoms with Gasteiger partial charge >= 0.3 is 59.1 Å². The van der Waals surface area contributed by atoms with Gasteiger partial charge in [-0.1, -0.05) is 46.8 Å². The third-order valence-electron chi connectivity index (χ3n) is 8.73. The molecule has 7 aromatic carbocycles. The zero-order valence-electron chi connectivity index (χ0n) is 32.1. The van der Waals surface area contributed by atoms with Crippen molar-refractivity contribution in [3.8, 4) is 11.5 Å². The maximum Gasteiger partial charge on any atom is 1.00 e. The molecule has 7 aromatic rings. The maximum atomic E-state index is 13.5. The molecule has 302 valence electrons. The van der Waals surface area contributed by atoms with Gasteiger partial charge < -0.3 is 20.8 Å². The number of amides is 2. The monoisotopic (exact) mass is 928 g/mol. The van der Waals surface area contributed by atoms with Crippen LogP contribution in [0.25, 0.3) is 21.5 Å². The van der Waals surface area contributed by atoms with Crippen LogP contribution in [0.1, 0.15) is 20.7 Å². The molecule has 0 saturated carbocycles. The molecule has 0 atom stereocenters. The topological polar surface area (TPSA) is 262 Å². The Balaban J connectivity index is 0.00000363. The molecule has 0 aliphatic rings. The Morgan fingerprint density at radius 2 is 0.839 bits per heavy atom. The molecule has 0 aliphatic carbocycles. The van der Waals surface area contributed by atoms with Gasteiger partial charge in [-0.2, -0.15) is 27.1 Å². The van der Waals surface area contributed by atoms with E-state index in [1.54, 1.807) is 0 Å². The van der Waals surface area contributed by atoms with E-state index in [0.717, 1.165) is 12.1 Å². The van der Waals surface area contributed by atoms with Crippen molar-refractivity contribution in [1.82, 2.24) is 0 Å². The molecule has 0 aromatic heterocycles. The van der Waals surface area contributed by atoms with E-state index < -0.39 is 64.7 Å². The Morgan fingerprint density at radius 3 is 1.16 bits per heavy atom. The average Bonchev–Trinajstić information content (AvgIpc) is 3.21. The van der Waals surface area contributed by atoms with Crippen LogP contribution in [0.5, 0.6) is 11.5 Å². The van der Waals surface area contributed by atoms with Crippen LogP contribution in [-0.4, -0.2) is 37.8 Å². The van der Waals surface area contributed by atoms with Crippen LogP contribution in [0, 0.1) is 0 Å². The molecule has 0 fully saturated rings. The van der Waals surface area contributed by atoms with Gasteiger partial charge in [-0.25, -0.2) is 0 Å². The summed E-state index contributed by atoms with van der Waals surface area (Å²) < 4.78 is 68.4. The van der Waals surface area contributed by atoms with Gasteiger partial charge in [0, 0.05) is 32.5 Å². The van der Waals surface area contributed by atoms with Crippen molar-refractivity contribution in [2.75, 3.05) is 10.6 Å². The maximum absolute atomic E-state index is 13.5. The minimum absolute atomic E-state index is 0. The standard InChI is InChI=1S/C40H26Cl2N6O10S2.2Na/c41-25-7-13-27(14-8-25)45-47-35-33(59(53,54)55)17-23-5-11-29(19-31(23)37(35)49)43-39(51)21-1-2-22(4-3-21)40(52)44-30-12-6-24-18-34(60(56,57)58)36(38(50)32(24)20-30)48-46-28-15-9-26(42)10-16-28;;/h1-20,49-50H,(H,43,51)(H,44,52)(H,53,54,55)(H,56,57,58);;/q;2*+1/p-2. The van der Waals surface area contributed by atoms with E-state index in [0.29, 0.717) is 10.0 Å². The minimum atomic E-state index is -4.90. The molecule has 0 unspecified atom stereocenters. The predicted octanol–water partition coefficient (Wildman–Crippen LogP) is 3.28. The largest absolute Gasteiger partial charge is 1.00 e. The number of benzene rings is 7. The molecule has 0 spiro atoms. The van der Waals surface area contributed by atoms with Gasteiger partial charge in [-0.15, -0.1) is 10.2 Å². The molecule has 7 rings (SSSR count). The molecule has 2 amide bonds. The average molecular weight is 930 g/mol. The second kappa shape index (κ2) is 19.7. The molecule has 4 N–H and O–H groups in total. The van der Waals surface area contributed by atoms with E-state index in [2.05, 4.69) is 31.1 Å². The van der Waals surface area contributed by atoms with E-state index in [1.807, 2.05) is 0 Å². The third kappa shape index (κ3) is 11.0. The fourth-order valence-electron chi connectivity index (χ4n) is 5.80. The van der Waals surface area contributed by atoms with Crippen molar-refractivity contribution < 1.29 is 105 Å². The van der Waals surface area contributed by atoms with Crippen LogP contribution in [0.2, 0.25) is 10.0 Å². The summed E-state index contributed by atoms with van der Waals surface area (Å²) in [6, 6.07) is 27.7. The van der Waals surface area contributed by atoms with Crippen molar-refractivity contribution in [3.63, 3.8) is 0 Å². The van der Waals surface area contributed by atoms with Crippen LogP contribution in [0.4, 0.5) is 34.1 Å². The van der Waals surface area contributed by atoms with Crippen molar-refractivity contribution >= 4 is 111 Å². The Labute approximate surface area is 406 Å². The fourth-order valence-corrected chi connectivity index (χ4v) is 7.36. The number of halogens is 2. The molecule has 0 aliphatic heterocycles. The van der Waals surface area contributed by atoms with Crippen LogP contribution in [0.15, 0.2) is 152 Å². The van der Waals surface area contributed by atoms with Crippen molar-refractivity contribution in [2.24, 2.45) is 20.5 Å². The third-order valence-corrected chi connectivity index (χ3v) is 11.0. The fraction of sp³-hybridized carbons (Fsp3) is 0. The van der Waals surface area contributed by atoms with Gasteiger partial charge in [-0.3, -0.25) is 18.7 Å². The number of fused-ring (bicyclic) bond motifs is 2. The first kappa shape index (κ1) is 48.2. The van der Waals surface area contributed by atoms with Gasteiger partial charge in [0.1, 0.15) is 9.79 Å². The normalized spacial score (nSPS) is 11.7. The number of carbonyl (C=O) groups is 2. The second-order valence-corrected chi connectivity index (χ2v) is 16.4. The molecule has 0 radical (unpaired) electrons. The number of anilines is 2. The predicted molar refractivity (Wildman–Crippen MR) is 220 cm³/mol. The molecular weight excluding hydrogens is 905 g/mol. The van der Waals surface area contributed by atoms with Gasteiger partial charge in [-0.05, 0) is 131 Å². The molecule has 0 heterocycles. The number of hydrogen-bond acceptors (Lipinski definition) is 12. The summed E-state index contributed by atoms with van der Waals surface area (Å²) in [5, 5.41) is 48.7. The molecule has 22 heteroatoms. The van der Waals surface area contributed by atoms with E-state index in [1.165, 1.54) is 109 Å². The number of nitrogens with one attached hydrogen (secondary N) is 2. The molecule has 0 saturated heterocycles. The summed E-state index contributed by atoms with van der Waals surface area (Å²) in [5.74, 6) is -3.02. The zero-order valence-corrected chi connectivity index (χ0v) is 39.2. The molecular formula is C40H24Cl2N6Na2O10S2. The van der Waals surface area contributed by atoms with Crippen molar-refractivity contribution in [3.05, 3.63) is 142 Å².